The molecule has 3 aromatic rings. The molecule has 0 aliphatic rings. The highest BCUT2D eigenvalue weighted by atomic mass is 19.1. The summed E-state index contributed by atoms with van der Waals surface area (Å²) < 4.78 is 20.7. The molecule has 0 spiro atoms. The van der Waals surface area contributed by atoms with Crippen LogP contribution in [0.15, 0.2) is 58.1 Å². The Morgan fingerprint density at radius 2 is 1.59 bits per heavy atom. The molecule has 0 saturated heterocycles. The number of nitrogens with one attached hydrogen (secondary N) is 1. The first-order valence-corrected chi connectivity index (χ1v) is 9.05. The first-order valence-electron chi connectivity index (χ1n) is 9.05. The lowest BCUT2D eigenvalue weighted by molar-refractivity contribution is 0.414. The number of halogens is 1. The minimum atomic E-state index is -0.690. The van der Waals surface area contributed by atoms with E-state index in [1.807, 2.05) is 12.1 Å². The van der Waals surface area contributed by atoms with Gasteiger partial charge in [-0.3, -0.25) is 4.57 Å². The maximum atomic E-state index is 13.1. The van der Waals surface area contributed by atoms with Gasteiger partial charge in [-0.25, -0.2) is 18.5 Å². The summed E-state index contributed by atoms with van der Waals surface area (Å²) in [6.07, 6.45) is 0. The number of methoxy groups -OCH3 is 1. The van der Waals surface area contributed by atoms with Gasteiger partial charge in [-0.05, 0) is 35.4 Å². The zero-order chi connectivity index (χ0) is 20.8. The van der Waals surface area contributed by atoms with Crippen LogP contribution in [0.2, 0.25) is 0 Å². The Morgan fingerprint density at radius 1 is 1.00 bits per heavy atom. The topological polar surface area (TPSA) is 104 Å². The molecule has 0 amide bonds. The first kappa shape index (κ1) is 20.3. The highest BCUT2D eigenvalue weighted by Gasteiger charge is 2.14. The first-order chi connectivity index (χ1) is 14.0. The van der Waals surface area contributed by atoms with E-state index in [4.69, 9.17) is 10.5 Å². The Labute approximate surface area is 166 Å². The zero-order valence-corrected chi connectivity index (χ0v) is 16.0. The monoisotopic (exact) mass is 399 g/mol. The van der Waals surface area contributed by atoms with Gasteiger partial charge in [-0.2, -0.15) is 4.98 Å². The quantitative estimate of drug-likeness (QED) is 0.586. The van der Waals surface area contributed by atoms with Crippen molar-refractivity contribution in [3.8, 4) is 5.75 Å². The average molecular weight is 399 g/mol. The van der Waals surface area contributed by atoms with Crippen molar-refractivity contribution in [1.82, 2.24) is 14.1 Å². The summed E-state index contributed by atoms with van der Waals surface area (Å²) in [7, 11) is 1.57. The molecule has 1 aromatic heterocycles. The summed E-state index contributed by atoms with van der Waals surface area (Å²) in [5.41, 5.74) is 5.76. The predicted molar refractivity (Wildman–Crippen MR) is 108 cm³/mol. The molecule has 0 fully saturated rings. The molecule has 0 saturated carbocycles. The lowest BCUT2D eigenvalue weighted by Gasteiger charge is -2.15. The van der Waals surface area contributed by atoms with Crippen LogP contribution in [0.1, 0.15) is 11.1 Å². The van der Waals surface area contributed by atoms with Crippen molar-refractivity contribution in [2.75, 3.05) is 25.5 Å². The molecule has 0 atom stereocenters. The predicted octanol–water partition coefficient (Wildman–Crippen LogP) is 1.02. The fourth-order valence-corrected chi connectivity index (χ4v) is 2.81. The molecule has 0 radical (unpaired) electrons. The van der Waals surface area contributed by atoms with Crippen LogP contribution < -0.4 is 27.2 Å². The third-order valence-corrected chi connectivity index (χ3v) is 4.33. The number of rotatable bonds is 8. The largest absolute Gasteiger partial charge is 0.497 e. The number of nitrogens with zero attached hydrogens (tertiary/aromatic N) is 3. The Bertz CT molecular complexity index is 1080. The summed E-state index contributed by atoms with van der Waals surface area (Å²) >= 11 is 0. The molecule has 3 N–H and O–H groups in total. The fraction of sp³-hybridized carbons (Fsp3) is 0.250. The number of nitrogens with two attached hydrogens (primary N) is 1. The molecule has 152 valence electrons. The van der Waals surface area contributed by atoms with Crippen molar-refractivity contribution in [2.45, 2.75) is 13.1 Å². The van der Waals surface area contributed by atoms with E-state index < -0.39 is 17.2 Å². The molecule has 29 heavy (non-hydrogen) atoms. The van der Waals surface area contributed by atoms with Crippen molar-refractivity contribution in [2.24, 2.45) is 5.73 Å². The normalized spacial score (nSPS) is 10.7. The van der Waals surface area contributed by atoms with Crippen molar-refractivity contribution >= 4 is 5.95 Å². The number of benzene rings is 2. The number of aromatic nitrogens is 3. The van der Waals surface area contributed by atoms with Gasteiger partial charge in [0, 0.05) is 13.1 Å². The highest BCUT2D eigenvalue weighted by Crippen LogP contribution is 2.13. The van der Waals surface area contributed by atoms with E-state index in [0.29, 0.717) is 24.4 Å². The van der Waals surface area contributed by atoms with Crippen molar-refractivity contribution in [3.63, 3.8) is 0 Å². The molecule has 0 aliphatic carbocycles. The van der Waals surface area contributed by atoms with Crippen molar-refractivity contribution in [1.29, 1.82) is 0 Å². The van der Waals surface area contributed by atoms with Gasteiger partial charge < -0.3 is 15.8 Å². The number of ether oxygens (including phenoxy) is 1. The number of anilines is 1. The molecule has 3 rings (SSSR count). The van der Waals surface area contributed by atoms with E-state index in [-0.39, 0.29) is 19.0 Å². The van der Waals surface area contributed by atoms with Gasteiger partial charge in [0.1, 0.15) is 11.6 Å². The van der Waals surface area contributed by atoms with E-state index in [1.165, 1.54) is 28.8 Å². The second kappa shape index (κ2) is 9.16. The van der Waals surface area contributed by atoms with Crippen LogP contribution in [-0.4, -0.2) is 34.3 Å². The molecule has 0 unspecified atom stereocenters. The SMILES string of the molecule is COc1ccc(Cn2c(NCCN)nc(=O)n(Cc3ccc(F)cc3)c2=O)cc1. The summed E-state index contributed by atoms with van der Waals surface area (Å²) in [6, 6.07) is 12.8. The standard InChI is InChI=1S/C20H22FN5O3/c1-29-17-8-4-15(5-9-17)12-25-18(23-11-10-22)24-19(27)26(20(25)28)13-14-2-6-16(21)7-3-14/h2-9H,10-13,22H2,1H3,(H,23,24,27). The van der Waals surface area contributed by atoms with Crippen LogP contribution in [-0.2, 0) is 13.1 Å². The van der Waals surface area contributed by atoms with Crippen LogP contribution >= 0.6 is 0 Å². The molecule has 2 aromatic carbocycles. The maximum absolute atomic E-state index is 13.1. The van der Waals surface area contributed by atoms with Gasteiger partial charge in [0.2, 0.25) is 5.95 Å². The van der Waals surface area contributed by atoms with Gasteiger partial charge in [0.05, 0.1) is 20.2 Å². The molecule has 0 aliphatic heterocycles. The van der Waals surface area contributed by atoms with Gasteiger partial charge in [0.15, 0.2) is 0 Å². The minimum absolute atomic E-state index is 0.00920. The minimum Gasteiger partial charge on any atom is -0.497 e. The molecule has 8 nitrogen and oxygen atoms in total. The van der Waals surface area contributed by atoms with Crippen LogP contribution in [0.5, 0.6) is 5.75 Å². The Kier molecular flexibility index (Phi) is 6.40. The summed E-state index contributed by atoms with van der Waals surface area (Å²) in [5.74, 6) is 0.455. The van der Waals surface area contributed by atoms with Crippen molar-refractivity contribution < 1.29 is 9.13 Å². The van der Waals surface area contributed by atoms with Gasteiger partial charge in [-0.1, -0.05) is 24.3 Å². The number of hydrogen-bond donors (Lipinski definition) is 2. The molecular formula is C20H22FN5O3. The Hall–Kier alpha value is -3.46. The second-order valence-electron chi connectivity index (χ2n) is 6.36. The Balaban J connectivity index is 2.01. The van der Waals surface area contributed by atoms with Gasteiger partial charge in [0.25, 0.3) is 0 Å². The summed E-state index contributed by atoms with van der Waals surface area (Å²) in [5, 5.41) is 2.93. The maximum Gasteiger partial charge on any atom is 0.355 e. The summed E-state index contributed by atoms with van der Waals surface area (Å²) in [4.78, 5) is 29.6. The van der Waals surface area contributed by atoms with Crippen LogP contribution in [0.3, 0.4) is 0 Å². The molecule has 9 heteroatoms. The lowest BCUT2D eigenvalue weighted by Crippen LogP contribution is -2.43. The molecular weight excluding hydrogens is 377 g/mol. The third-order valence-electron chi connectivity index (χ3n) is 4.33. The van der Waals surface area contributed by atoms with Crippen LogP contribution in [0.25, 0.3) is 0 Å². The average Bonchev–Trinajstić information content (AvgIpc) is 2.73. The van der Waals surface area contributed by atoms with Crippen LogP contribution in [0, 0.1) is 5.82 Å². The molecule has 0 bridgehead atoms. The third kappa shape index (κ3) is 4.88. The summed E-state index contributed by atoms with van der Waals surface area (Å²) in [6.45, 7) is 0.866. The second-order valence-corrected chi connectivity index (χ2v) is 6.36. The van der Waals surface area contributed by atoms with E-state index >= 15 is 0 Å². The fourth-order valence-electron chi connectivity index (χ4n) is 2.81. The number of hydrogen-bond acceptors (Lipinski definition) is 6. The van der Waals surface area contributed by atoms with E-state index in [2.05, 4.69) is 10.3 Å². The van der Waals surface area contributed by atoms with Crippen molar-refractivity contribution in [3.05, 3.63) is 86.4 Å². The zero-order valence-electron chi connectivity index (χ0n) is 16.0. The van der Waals surface area contributed by atoms with Gasteiger partial charge >= 0.3 is 11.4 Å². The smallest absolute Gasteiger partial charge is 0.355 e. The van der Waals surface area contributed by atoms with E-state index in [0.717, 1.165) is 10.1 Å². The van der Waals surface area contributed by atoms with Crippen LogP contribution in [0.4, 0.5) is 10.3 Å². The highest BCUT2D eigenvalue weighted by molar-refractivity contribution is 5.30. The lowest BCUT2D eigenvalue weighted by atomic mass is 10.2. The molecule has 1 heterocycles. The Morgan fingerprint density at radius 3 is 2.17 bits per heavy atom. The van der Waals surface area contributed by atoms with E-state index in [9.17, 15) is 14.0 Å². The van der Waals surface area contributed by atoms with Gasteiger partial charge in [-0.15, -0.1) is 0 Å². The van der Waals surface area contributed by atoms with E-state index in [1.54, 1.807) is 19.2 Å².